The van der Waals surface area contributed by atoms with Crippen LogP contribution in [0.3, 0.4) is 0 Å². The van der Waals surface area contributed by atoms with Crippen LogP contribution in [0.2, 0.25) is 0 Å². The van der Waals surface area contributed by atoms with Crippen molar-refractivity contribution >= 4 is 26.0 Å². The summed E-state index contributed by atoms with van der Waals surface area (Å²) in [5.41, 5.74) is 0. The Kier molecular flexibility index (Phi) is 3.81. The Morgan fingerprint density at radius 1 is 1.30 bits per heavy atom. The van der Waals surface area contributed by atoms with Crippen LogP contribution in [0.5, 0.6) is 5.75 Å². The molecule has 20 heavy (non-hydrogen) atoms. The van der Waals surface area contributed by atoms with Crippen molar-refractivity contribution < 1.29 is 13.2 Å². The molecule has 2 fully saturated rings. The van der Waals surface area contributed by atoms with Crippen molar-refractivity contribution in [2.24, 2.45) is 11.8 Å². The molecule has 0 spiro atoms. The third-order valence-electron chi connectivity index (χ3n) is 4.46. The summed E-state index contributed by atoms with van der Waals surface area (Å²) in [6.45, 7) is 0. The molecule has 2 saturated carbocycles. The Morgan fingerprint density at radius 3 is 2.70 bits per heavy atom. The summed E-state index contributed by atoms with van der Waals surface area (Å²) in [5, 5.41) is 0. The average Bonchev–Trinajstić information content (AvgIpc) is 3.00. The number of hydrogen-bond donors (Lipinski definition) is 1. The zero-order valence-corrected chi connectivity index (χ0v) is 13.7. The molecule has 6 heteroatoms. The fraction of sp³-hybridized carbons (Fsp3) is 0.571. The standard InChI is InChI=1S/C14H18BrNO3S/c1-19-13-5-4-11(15)8-14(13)20(17,18)16-12-7-9-2-3-10(12)6-9/h4-5,8-10,12,16H,2-3,6-7H2,1H3/t9-,10+,12+/m0/s1. The quantitative estimate of drug-likeness (QED) is 0.898. The first-order chi connectivity index (χ1) is 9.49. The van der Waals surface area contributed by atoms with Gasteiger partial charge < -0.3 is 4.74 Å². The van der Waals surface area contributed by atoms with Crippen molar-refractivity contribution in [2.45, 2.75) is 36.6 Å². The van der Waals surface area contributed by atoms with Gasteiger partial charge in [0.25, 0.3) is 0 Å². The maximum absolute atomic E-state index is 12.6. The van der Waals surface area contributed by atoms with E-state index in [1.54, 1.807) is 18.2 Å². The van der Waals surface area contributed by atoms with Crippen LogP contribution in [0.25, 0.3) is 0 Å². The van der Waals surface area contributed by atoms with Crippen molar-refractivity contribution in [1.82, 2.24) is 4.72 Å². The van der Waals surface area contributed by atoms with Crippen molar-refractivity contribution in [3.63, 3.8) is 0 Å². The lowest BCUT2D eigenvalue weighted by molar-refractivity contribution is 0.385. The maximum Gasteiger partial charge on any atom is 0.244 e. The predicted octanol–water partition coefficient (Wildman–Crippen LogP) is 2.92. The highest BCUT2D eigenvalue weighted by atomic mass is 79.9. The Morgan fingerprint density at radius 2 is 2.10 bits per heavy atom. The number of fused-ring (bicyclic) bond motifs is 2. The molecule has 1 aromatic rings. The maximum atomic E-state index is 12.6. The highest BCUT2D eigenvalue weighted by Crippen LogP contribution is 2.45. The van der Waals surface area contributed by atoms with E-state index in [1.807, 2.05) is 0 Å². The van der Waals surface area contributed by atoms with Crippen LogP contribution in [0, 0.1) is 11.8 Å². The molecule has 0 aromatic heterocycles. The second-order valence-corrected chi connectivity index (χ2v) is 8.30. The number of sulfonamides is 1. The van der Waals surface area contributed by atoms with Crippen LogP contribution < -0.4 is 9.46 Å². The molecule has 2 aliphatic carbocycles. The molecule has 1 aromatic carbocycles. The molecule has 0 unspecified atom stereocenters. The molecule has 3 atom stereocenters. The molecule has 0 saturated heterocycles. The van der Waals surface area contributed by atoms with E-state index in [2.05, 4.69) is 20.7 Å². The zero-order valence-electron chi connectivity index (χ0n) is 11.3. The molecule has 1 N–H and O–H groups in total. The summed E-state index contributed by atoms with van der Waals surface area (Å²) in [4.78, 5) is 0.206. The Hall–Kier alpha value is -0.590. The minimum absolute atomic E-state index is 0.0856. The van der Waals surface area contributed by atoms with Gasteiger partial charge in [-0.25, -0.2) is 13.1 Å². The van der Waals surface area contributed by atoms with Crippen LogP contribution in [0.15, 0.2) is 27.6 Å². The molecule has 110 valence electrons. The van der Waals surface area contributed by atoms with Crippen molar-refractivity contribution in [3.05, 3.63) is 22.7 Å². The Labute approximate surface area is 128 Å². The average molecular weight is 360 g/mol. The van der Waals surface area contributed by atoms with Gasteiger partial charge in [-0.2, -0.15) is 0 Å². The van der Waals surface area contributed by atoms with Gasteiger partial charge in [-0.3, -0.25) is 0 Å². The molecule has 0 aliphatic heterocycles. The van der Waals surface area contributed by atoms with Crippen molar-refractivity contribution in [1.29, 1.82) is 0 Å². The SMILES string of the molecule is COc1ccc(Br)cc1S(=O)(=O)N[C@@H]1C[C@H]2CC[C@@H]1C2. The van der Waals surface area contributed by atoms with Gasteiger partial charge in [-0.1, -0.05) is 22.4 Å². The molecule has 3 rings (SSSR count). The number of hydrogen-bond acceptors (Lipinski definition) is 3. The van der Waals surface area contributed by atoms with E-state index in [-0.39, 0.29) is 10.9 Å². The van der Waals surface area contributed by atoms with Gasteiger partial charge in [0.05, 0.1) is 7.11 Å². The number of ether oxygens (including phenoxy) is 1. The normalized spacial score (nSPS) is 28.8. The third kappa shape index (κ3) is 2.61. The second-order valence-electron chi connectivity index (χ2n) is 5.70. The largest absolute Gasteiger partial charge is 0.495 e. The molecule has 0 heterocycles. The molecule has 4 nitrogen and oxygen atoms in total. The van der Waals surface area contributed by atoms with Crippen LogP contribution in [0.4, 0.5) is 0 Å². The van der Waals surface area contributed by atoms with Gasteiger partial charge in [0, 0.05) is 10.5 Å². The number of nitrogens with one attached hydrogen (secondary N) is 1. The van der Waals surface area contributed by atoms with Crippen molar-refractivity contribution in [2.75, 3.05) is 7.11 Å². The lowest BCUT2D eigenvalue weighted by atomic mass is 9.96. The molecular formula is C14H18BrNO3S. The summed E-state index contributed by atoms with van der Waals surface area (Å²) in [6, 6.07) is 5.12. The van der Waals surface area contributed by atoms with E-state index in [0.717, 1.165) is 17.3 Å². The van der Waals surface area contributed by atoms with E-state index >= 15 is 0 Å². The number of rotatable bonds is 4. The summed E-state index contributed by atoms with van der Waals surface area (Å²) < 4.78 is 33.9. The Bertz CT molecular complexity index is 617. The van der Waals surface area contributed by atoms with Crippen LogP contribution in [-0.2, 0) is 10.0 Å². The number of halogens is 1. The molecule has 2 aliphatic rings. The summed E-state index contributed by atoms with van der Waals surface area (Å²) in [6.07, 6.45) is 4.54. The molecule has 0 radical (unpaired) electrons. The Balaban J connectivity index is 1.86. The highest BCUT2D eigenvalue weighted by molar-refractivity contribution is 9.10. The minimum Gasteiger partial charge on any atom is -0.495 e. The van der Waals surface area contributed by atoms with Gasteiger partial charge >= 0.3 is 0 Å². The first-order valence-corrected chi connectivity index (χ1v) is 9.13. The third-order valence-corrected chi connectivity index (χ3v) is 6.46. The van der Waals surface area contributed by atoms with Gasteiger partial charge in [-0.05, 0) is 49.3 Å². The van der Waals surface area contributed by atoms with Crippen LogP contribution in [-0.4, -0.2) is 21.6 Å². The lowest BCUT2D eigenvalue weighted by Gasteiger charge is -2.23. The van der Waals surface area contributed by atoms with E-state index in [1.165, 1.54) is 20.0 Å². The molecule has 0 amide bonds. The van der Waals surface area contributed by atoms with Gasteiger partial charge in [0.15, 0.2) is 0 Å². The van der Waals surface area contributed by atoms with Crippen LogP contribution >= 0.6 is 15.9 Å². The van der Waals surface area contributed by atoms with E-state index in [0.29, 0.717) is 17.6 Å². The lowest BCUT2D eigenvalue weighted by Crippen LogP contribution is -2.38. The summed E-state index contributed by atoms with van der Waals surface area (Å²) in [7, 11) is -2.05. The van der Waals surface area contributed by atoms with Gasteiger partial charge in [0.2, 0.25) is 10.0 Å². The van der Waals surface area contributed by atoms with Gasteiger partial charge in [-0.15, -0.1) is 0 Å². The number of benzene rings is 1. The highest BCUT2D eigenvalue weighted by Gasteiger charge is 2.41. The first-order valence-electron chi connectivity index (χ1n) is 6.85. The van der Waals surface area contributed by atoms with E-state index < -0.39 is 10.0 Å². The van der Waals surface area contributed by atoms with E-state index in [9.17, 15) is 8.42 Å². The smallest absolute Gasteiger partial charge is 0.244 e. The summed E-state index contributed by atoms with van der Waals surface area (Å²) >= 11 is 3.32. The molecular weight excluding hydrogens is 342 g/mol. The zero-order chi connectivity index (χ0) is 14.3. The van der Waals surface area contributed by atoms with E-state index in [4.69, 9.17) is 4.74 Å². The first kappa shape index (κ1) is 14.4. The van der Waals surface area contributed by atoms with Gasteiger partial charge in [0.1, 0.15) is 10.6 Å². The van der Waals surface area contributed by atoms with Crippen LogP contribution in [0.1, 0.15) is 25.7 Å². The summed E-state index contributed by atoms with van der Waals surface area (Å²) in [5.74, 6) is 1.59. The minimum atomic E-state index is -3.54. The molecule has 2 bridgehead atoms. The monoisotopic (exact) mass is 359 g/mol. The van der Waals surface area contributed by atoms with Crippen molar-refractivity contribution in [3.8, 4) is 5.75 Å². The fourth-order valence-corrected chi connectivity index (χ4v) is 5.54. The predicted molar refractivity (Wildman–Crippen MR) is 80.3 cm³/mol. The fourth-order valence-electron chi connectivity index (χ4n) is 3.51. The second kappa shape index (κ2) is 5.31. The number of methoxy groups -OCH3 is 1. The topological polar surface area (TPSA) is 55.4 Å².